The molecule has 1 aliphatic heterocycles. The van der Waals surface area contributed by atoms with Crippen LogP contribution >= 0.6 is 0 Å². The van der Waals surface area contributed by atoms with Crippen LogP contribution < -0.4 is 0 Å². The molecule has 0 aliphatic carbocycles. The Labute approximate surface area is 176 Å². The number of carbonyl (C=O) groups excluding carboxylic acids is 1. The fourth-order valence-electron chi connectivity index (χ4n) is 4.00. The highest BCUT2D eigenvalue weighted by Crippen LogP contribution is 2.34. The van der Waals surface area contributed by atoms with Crippen LogP contribution in [0.3, 0.4) is 0 Å². The Balaban J connectivity index is 1.55. The number of carbonyl (C=O) groups is 1. The van der Waals surface area contributed by atoms with Crippen molar-refractivity contribution in [2.45, 2.75) is 19.4 Å². The standard InChI is InChI=1S/C27H22N2O/c1-19-11-13-22(14-12-19)27(30)29-26(21-8-3-2-4-9-21)18-25(28-29)24-16-15-20-7-5-6-10-23(20)17-24/h2-17,26H,18H2,1H3. The molecule has 1 aliphatic rings. The second-order valence-corrected chi connectivity index (χ2v) is 7.75. The Morgan fingerprint density at radius 2 is 1.53 bits per heavy atom. The topological polar surface area (TPSA) is 32.7 Å². The van der Waals surface area contributed by atoms with Crippen LogP contribution in [-0.2, 0) is 0 Å². The van der Waals surface area contributed by atoms with Gasteiger partial charge in [0.25, 0.3) is 5.91 Å². The number of hydrogen-bond donors (Lipinski definition) is 0. The third kappa shape index (κ3) is 3.39. The number of rotatable bonds is 3. The number of amides is 1. The zero-order valence-corrected chi connectivity index (χ0v) is 16.8. The molecule has 3 nitrogen and oxygen atoms in total. The lowest BCUT2D eigenvalue weighted by atomic mass is 9.96. The zero-order valence-electron chi connectivity index (χ0n) is 16.8. The molecule has 30 heavy (non-hydrogen) atoms. The van der Waals surface area contributed by atoms with Crippen LogP contribution in [0.4, 0.5) is 0 Å². The van der Waals surface area contributed by atoms with Gasteiger partial charge in [-0.3, -0.25) is 4.79 Å². The van der Waals surface area contributed by atoms with Gasteiger partial charge >= 0.3 is 0 Å². The predicted octanol–water partition coefficient (Wildman–Crippen LogP) is 6.14. The van der Waals surface area contributed by atoms with Crippen LogP contribution in [0.25, 0.3) is 10.8 Å². The summed E-state index contributed by atoms with van der Waals surface area (Å²) in [6, 6.07) is 32.4. The molecule has 0 bridgehead atoms. The van der Waals surface area contributed by atoms with Crippen molar-refractivity contribution < 1.29 is 4.79 Å². The Hall–Kier alpha value is -3.72. The predicted molar refractivity (Wildman–Crippen MR) is 122 cm³/mol. The third-order valence-corrected chi connectivity index (χ3v) is 5.68. The van der Waals surface area contributed by atoms with Gasteiger partial charge in [-0.05, 0) is 47.0 Å². The molecule has 1 heterocycles. The summed E-state index contributed by atoms with van der Waals surface area (Å²) in [6.07, 6.45) is 0.694. The van der Waals surface area contributed by atoms with E-state index in [4.69, 9.17) is 5.10 Å². The number of nitrogens with zero attached hydrogens (tertiary/aromatic N) is 2. The quantitative estimate of drug-likeness (QED) is 0.413. The highest BCUT2D eigenvalue weighted by atomic mass is 16.2. The van der Waals surface area contributed by atoms with E-state index in [-0.39, 0.29) is 11.9 Å². The summed E-state index contributed by atoms with van der Waals surface area (Å²) in [5, 5.41) is 8.86. The van der Waals surface area contributed by atoms with Crippen molar-refractivity contribution in [1.82, 2.24) is 5.01 Å². The summed E-state index contributed by atoms with van der Waals surface area (Å²) < 4.78 is 0. The molecule has 5 rings (SSSR count). The van der Waals surface area contributed by atoms with E-state index in [0.717, 1.165) is 22.4 Å². The Kier molecular flexibility index (Phi) is 4.64. The van der Waals surface area contributed by atoms with E-state index in [1.54, 1.807) is 5.01 Å². The van der Waals surface area contributed by atoms with Crippen molar-refractivity contribution in [3.05, 3.63) is 119 Å². The van der Waals surface area contributed by atoms with Gasteiger partial charge in [0.15, 0.2) is 0 Å². The van der Waals surface area contributed by atoms with Crippen molar-refractivity contribution in [1.29, 1.82) is 0 Å². The van der Waals surface area contributed by atoms with Crippen molar-refractivity contribution in [2.24, 2.45) is 5.10 Å². The maximum absolute atomic E-state index is 13.4. The average Bonchev–Trinajstić information content (AvgIpc) is 3.25. The second kappa shape index (κ2) is 7.60. The summed E-state index contributed by atoms with van der Waals surface area (Å²) in [6.45, 7) is 2.02. The molecule has 4 aromatic rings. The highest BCUT2D eigenvalue weighted by Gasteiger charge is 2.33. The van der Waals surface area contributed by atoms with E-state index >= 15 is 0 Å². The van der Waals surface area contributed by atoms with Gasteiger partial charge in [-0.2, -0.15) is 5.10 Å². The minimum Gasteiger partial charge on any atom is -0.267 e. The van der Waals surface area contributed by atoms with E-state index in [1.165, 1.54) is 10.8 Å². The van der Waals surface area contributed by atoms with Gasteiger partial charge in [0.05, 0.1) is 11.8 Å². The van der Waals surface area contributed by atoms with Crippen molar-refractivity contribution in [2.75, 3.05) is 0 Å². The first-order valence-corrected chi connectivity index (χ1v) is 10.2. The summed E-state index contributed by atoms with van der Waals surface area (Å²) in [7, 11) is 0. The molecule has 0 radical (unpaired) electrons. The fraction of sp³-hybridized carbons (Fsp3) is 0.111. The van der Waals surface area contributed by atoms with E-state index < -0.39 is 0 Å². The van der Waals surface area contributed by atoms with Gasteiger partial charge in [0, 0.05) is 12.0 Å². The van der Waals surface area contributed by atoms with Gasteiger partial charge in [0.1, 0.15) is 0 Å². The molecule has 0 fully saturated rings. The molecule has 1 amide bonds. The van der Waals surface area contributed by atoms with Crippen molar-refractivity contribution in [3.8, 4) is 0 Å². The Morgan fingerprint density at radius 1 is 0.833 bits per heavy atom. The Morgan fingerprint density at radius 3 is 2.30 bits per heavy atom. The van der Waals surface area contributed by atoms with Crippen LogP contribution in [0.15, 0.2) is 102 Å². The molecule has 3 heteroatoms. The van der Waals surface area contributed by atoms with Crippen LogP contribution in [0.5, 0.6) is 0 Å². The molecule has 0 aromatic heterocycles. The Bertz CT molecular complexity index is 1240. The first kappa shape index (κ1) is 18.3. The van der Waals surface area contributed by atoms with E-state index in [9.17, 15) is 4.79 Å². The number of fused-ring (bicyclic) bond motifs is 1. The van der Waals surface area contributed by atoms with Crippen molar-refractivity contribution >= 4 is 22.4 Å². The third-order valence-electron chi connectivity index (χ3n) is 5.68. The first-order valence-electron chi connectivity index (χ1n) is 10.2. The molecule has 4 aromatic carbocycles. The molecule has 146 valence electrons. The van der Waals surface area contributed by atoms with Crippen molar-refractivity contribution in [3.63, 3.8) is 0 Å². The molecule has 1 atom stereocenters. The van der Waals surface area contributed by atoms with E-state index in [2.05, 4.69) is 42.5 Å². The summed E-state index contributed by atoms with van der Waals surface area (Å²) in [4.78, 5) is 13.4. The fourth-order valence-corrected chi connectivity index (χ4v) is 4.00. The van der Waals surface area contributed by atoms with Crippen LogP contribution in [0, 0.1) is 6.92 Å². The van der Waals surface area contributed by atoms with Gasteiger partial charge in [0.2, 0.25) is 0 Å². The molecule has 0 N–H and O–H groups in total. The van der Waals surface area contributed by atoms with Gasteiger partial charge < -0.3 is 0 Å². The lowest BCUT2D eigenvalue weighted by Gasteiger charge is -2.22. The van der Waals surface area contributed by atoms with Gasteiger partial charge in [-0.1, -0.05) is 84.4 Å². The van der Waals surface area contributed by atoms with Crippen LogP contribution in [0.1, 0.15) is 39.5 Å². The van der Waals surface area contributed by atoms with Gasteiger partial charge in [-0.25, -0.2) is 5.01 Å². The highest BCUT2D eigenvalue weighted by molar-refractivity contribution is 6.06. The second-order valence-electron chi connectivity index (χ2n) is 7.75. The number of hydrazone groups is 1. The smallest absolute Gasteiger partial charge is 0.267 e. The summed E-state index contributed by atoms with van der Waals surface area (Å²) in [5.41, 5.74) is 4.89. The normalized spacial score (nSPS) is 16.0. The minimum absolute atomic E-state index is 0.0698. The van der Waals surface area contributed by atoms with Crippen LogP contribution in [0.2, 0.25) is 0 Å². The first-order chi connectivity index (χ1) is 14.7. The van der Waals surface area contributed by atoms with Crippen LogP contribution in [-0.4, -0.2) is 16.6 Å². The van der Waals surface area contributed by atoms with E-state index in [1.807, 2.05) is 61.5 Å². The zero-order chi connectivity index (χ0) is 20.5. The summed E-state index contributed by atoms with van der Waals surface area (Å²) >= 11 is 0. The lowest BCUT2D eigenvalue weighted by Crippen LogP contribution is -2.27. The largest absolute Gasteiger partial charge is 0.274 e. The number of hydrogen-bond acceptors (Lipinski definition) is 2. The monoisotopic (exact) mass is 390 g/mol. The average molecular weight is 390 g/mol. The maximum atomic E-state index is 13.4. The van der Waals surface area contributed by atoms with E-state index in [0.29, 0.717) is 12.0 Å². The van der Waals surface area contributed by atoms with Gasteiger partial charge in [-0.15, -0.1) is 0 Å². The molecule has 0 saturated heterocycles. The molecule has 0 saturated carbocycles. The number of benzene rings is 4. The summed E-state index contributed by atoms with van der Waals surface area (Å²) in [5.74, 6) is -0.0698. The maximum Gasteiger partial charge on any atom is 0.274 e. The molecule has 1 unspecified atom stereocenters. The molecular weight excluding hydrogens is 368 g/mol. The molecular formula is C27H22N2O. The molecule has 0 spiro atoms. The number of aryl methyl sites for hydroxylation is 1. The SMILES string of the molecule is Cc1ccc(C(=O)N2N=C(c3ccc4ccccc4c3)CC2c2ccccc2)cc1. The minimum atomic E-state index is -0.110. The lowest BCUT2D eigenvalue weighted by molar-refractivity contribution is 0.0711.